The van der Waals surface area contributed by atoms with Crippen LogP contribution in [0.2, 0.25) is 0 Å². The molecule has 1 rings (SSSR count). The average Bonchev–Trinajstić information content (AvgIpc) is 2.24. The van der Waals surface area contributed by atoms with Crippen LogP contribution in [0.1, 0.15) is 46.3 Å². The molecule has 0 bridgehead atoms. The third kappa shape index (κ3) is 2.46. The van der Waals surface area contributed by atoms with Crippen molar-refractivity contribution in [3.63, 3.8) is 0 Å². The molecule has 4 nitrogen and oxygen atoms in total. The Balaban J connectivity index is 3.34. The zero-order valence-electron chi connectivity index (χ0n) is 10.2. The third-order valence-corrected chi connectivity index (χ3v) is 3.14. The van der Waals surface area contributed by atoms with Crippen molar-refractivity contribution >= 4 is 11.9 Å². The zero-order valence-corrected chi connectivity index (χ0v) is 10.2. The molecule has 0 heterocycles. The van der Waals surface area contributed by atoms with Crippen molar-refractivity contribution in [3.8, 4) is 0 Å². The summed E-state index contributed by atoms with van der Waals surface area (Å²) in [4.78, 5) is 22.0. The molecule has 0 fully saturated rings. The van der Waals surface area contributed by atoms with Crippen LogP contribution in [0.25, 0.3) is 0 Å². The van der Waals surface area contributed by atoms with Crippen molar-refractivity contribution in [2.45, 2.75) is 33.1 Å². The summed E-state index contributed by atoms with van der Waals surface area (Å²) in [6.45, 7) is 5.28. The molecular weight excluding hydrogens is 220 g/mol. The van der Waals surface area contributed by atoms with Gasteiger partial charge in [0, 0.05) is 0 Å². The van der Waals surface area contributed by atoms with Crippen LogP contribution in [0.3, 0.4) is 0 Å². The molecule has 0 aromatic heterocycles. The minimum atomic E-state index is -0.986. The smallest absolute Gasteiger partial charge is 0.335 e. The van der Waals surface area contributed by atoms with Gasteiger partial charge in [0.2, 0.25) is 0 Å². The first kappa shape index (κ1) is 13.2. The highest BCUT2D eigenvalue weighted by Crippen LogP contribution is 2.27. The molecule has 0 saturated heterocycles. The van der Waals surface area contributed by atoms with Gasteiger partial charge in [-0.3, -0.25) is 4.79 Å². The van der Waals surface area contributed by atoms with E-state index in [2.05, 4.69) is 0 Å². The first-order chi connectivity index (χ1) is 7.90. The van der Waals surface area contributed by atoms with Crippen LogP contribution in [0.4, 0.5) is 0 Å². The molecule has 0 aliphatic rings. The van der Waals surface area contributed by atoms with Crippen LogP contribution in [0, 0.1) is 13.8 Å². The number of carbonyl (C=O) groups is 2. The summed E-state index contributed by atoms with van der Waals surface area (Å²) >= 11 is 0. The summed E-state index contributed by atoms with van der Waals surface area (Å²) in [7, 11) is 0. The maximum absolute atomic E-state index is 11.1. The largest absolute Gasteiger partial charge is 0.481 e. The molecule has 1 unspecified atom stereocenters. The van der Waals surface area contributed by atoms with E-state index in [4.69, 9.17) is 10.2 Å². The maximum atomic E-state index is 11.1. The van der Waals surface area contributed by atoms with E-state index in [1.165, 1.54) is 6.07 Å². The fourth-order valence-electron chi connectivity index (χ4n) is 1.98. The Bertz CT molecular complexity index is 463. The van der Waals surface area contributed by atoms with Crippen LogP contribution in [-0.4, -0.2) is 22.2 Å². The first-order valence-electron chi connectivity index (χ1n) is 5.46. The third-order valence-electron chi connectivity index (χ3n) is 3.14. The second kappa shape index (κ2) is 4.99. The van der Waals surface area contributed by atoms with E-state index in [9.17, 15) is 9.59 Å². The number of carboxylic acid groups (broad SMARTS) is 2. The van der Waals surface area contributed by atoms with Crippen molar-refractivity contribution < 1.29 is 19.8 Å². The van der Waals surface area contributed by atoms with Crippen molar-refractivity contribution in [2.24, 2.45) is 0 Å². The van der Waals surface area contributed by atoms with Crippen LogP contribution in [0.15, 0.2) is 12.1 Å². The Kier molecular flexibility index (Phi) is 3.89. The van der Waals surface area contributed by atoms with E-state index in [1.54, 1.807) is 26.8 Å². The highest BCUT2D eigenvalue weighted by atomic mass is 16.4. The molecule has 0 radical (unpaired) electrons. The molecule has 1 aromatic carbocycles. The van der Waals surface area contributed by atoms with Gasteiger partial charge in [-0.25, -0.2) is 4.79 Å². The van der Waals surface area contributed by atoms with Crippen LogP contribution >= 0.6 is 0 Å². The molecule has 1 aromatic rings. The van der Waals surface area contributed by atoms with Crippen molar-refractivity contribution in [1.82, 2.24) is 0 Å². The van der Waals surface area contributed by atoms with Gasteiger partial charge in [0.25, 0.3) is 0 Å². The predicted octanol–water partition coefficient (Wildman–Crippen LogP) is 2.58. The molecule has 0 spiro atoms. The molecule has 17 heavy (non-hydrogen) atoms. The summed E-state index contributed by atoms with van der Waals surface area (Å²) in [6, 6.07) is 3.08. The van der Waals surface area contributed by atoms with Gasteiger partial charge < -0.3 is 10.2 Å². The fourth-order valence-corrected chi connectivity index (χ4v) is 1.98. The lowest BCUT2D eigenvalue weighted by Crippen LogP contribution is -2.13. The normalized spacial score (nSPS) is 12.2. The topological polar surface area (TPSA) is 74.6 Å². The Morgan fingerprint density at radius 1 is 1.18 bits per heavy atom. The zero-order chi connectivity index (χ0) is 13.2. The van der Waals surface area contributed by atoms with E-state index in [0.717, 1.165) is 5.56 Å². The number of hydrogen-bond acceptors (Lipinski definition) is 2. The van der Waals surface area contributed by atoms with Crippen LogP contribution < -0.4 is 0 Å². The second-order valence-corrected chi connectivity index (χ2v) is 4.06. The maximum Gasteiger partial charge on any atom is 0.335 e. The van der Waals surface area contributed by atoms with Crippen LogP contribution in [0.5, 0.6) is 0 Å². The first-order valence-corrected chi connectivity index (χ1v) is 5.46. The Hall–Kier alpha value is -1.84. The Morgan fingerprint density at radius 3 is 2.18 bits per heavy atom. The predicted molar refractivity (Wildman–Crippen MR) is 63.5 cm³/mol. The molecule has 0 aliphatic heterocycles. The van der Waals surface area contributed by atoms with Crippen LogP contribution in [-0.2, 0) is 4.79 Å². The van der Waals surface area contributed by atoms with Gasteiger partial charge in [0.15, 0.2) is 0 Å². The van der Waals surface area contributed by atoms with Gasteiger partial charge in [-0.15, -0.1) is 0 Å². The van der Waals surface area contributed by atoms with Crippen molar-refractivity contribution in [1.29, 1.82) is 0 Å². The lowest BCUT2D eigenvalue weighted by molar-refractivity contribution is -0.138. The lowest BCUT2D eigenvalue weighted by atomic mass is 9.88. The summed E-state index contributed by atoms with van der Waals surface area (Å²) < 4.78 is 0. The number of carboxylic acids is 2. The minimum absolute atomic E-state index is 0.228. The van der Waals surface area contributed by atoms with E-state index in [-0.39, 0.29) is 5.56 Å². The summed E-state index contributed by atoms with van der Waals surface area (Å²) in [5, 5.41) is 18.1. The number of hydrogen-bond donors (Lipinski definition) is 2. The van der Waals surface area contributed by atoms with Gasteiger partial charge in [-0.05, 0) is 43.0 Å². The Morgan fingerprint density at radius 2 is 1.76 bits per heavy atom. The van der Waals surface area contributed by atoms with E-state index in [0.29, 0.717) is 17.5 Å². The number of aliphatic carboxylic acids is 1. The van der Waals surface area contributed by atoms with E-state index < -0.39 is 17.9 Å². The summed E-state index contributed by atoms with van der Waals surface area (Å²) in [6.07, 6.45) is 0.488. The van der Waals surface area contributed by atoms with Crippen molar-refractivity contribution in [3.05, 3.63) is 34.4 Å². The molecule has 0 aliphatic carbocycles. The lowest BCUT2D eigenvalue weighted by Gasteiger charge is -2.16. The van der Waals surface area contributed by atoms with E-state index >= 15 is 0 Å². The number of aromatic carboxylic acids is 1. The van der Waals surface area contributed by atoms with Gasteiger partial charge >= 0.3 is 11.9 Å². The fraction of sp³-hybridized carbons (Fsp3) is 0.385. The van der Waals surface area contributed by atoms with Gasteiger partial charge in [-0.1, -0.05) is 13.0 Å². The summed E-state index contributed by atoms with van der Waals surface area (Å²) in [5.41, 5.74) is 2.31. The average molecular weight is 236 g/mol. The second-order valence-electron chi connectivity index (χ2n) is 4.06. The number of rotatable bonds is 4. The van der Waals surface area contributed by atoms with Gasteiger partial charge in [0.05, 0.1) is 11.5 Å². The summed E-state index contributed by atoms with van der Waals surface area (Å²) in [5.74, 6) is -2.44. The molecule has 1 atom stereocenters. The standard InChI is InChI=1S/C13H16O4/c1-4-9(12(14)15)10-5-6-11(13(16)17)8(3)7(10)2/h5-6,9H,4H2,1-3H3,(H,14,15)(H,16,17). The number of benzene rings is 1. The molecule has 4 heteroatoms. The molecule has 92 valence electrons. The van der Waals surface area contributed by atoms with Crippen molar-refractivity contribution in [2.75, 3.05) is 0 Å². The van der Waals surface area contributed by atoms with Gasteiger partial charge in [-0.2, -0.15) is 0 Å². The molecular formula is C13H16O4. The monoisotopic (exact) mass is 236 g/mol. The molecule has 2 N–H and O–H groups in total. The molecule has 0 amide bonds. The Labute approximate surface area is 99.9 Å². The molecule has 0 saturated carbocycles. The quantitative estimate of drug-likeness (QED) is 0.842. The van der Waals surface area contributed by atoms with Gasteiger partial charge in [0.1, 0.15) is 0 Å². The highest BCUT2D eigenvalue weighted by Gasteiger charge is 2.22. The SMILES string of the molecule is CCC(C(=O)O)c1ccc(C(=O)O)c(C)c1C. The minimum Gasteiger partial charge on any atom is -0.481 e. The van der Waals surface area contributed by atoms with E-state index in [1.807, 2.05) is 0 Å². The highest BCUT2D eigenvalue weighted by molar-refractivity contribution is 5.90.